The van der Waals surface area contributed by atoms with Gasteiger partial charge in [0.15, 0.2) is 5.79 Å². The number of ether oxygens (including phenoxy) is 2. The van der Waals surface area contributed by atoms with E-state index in [9.17, 15) is 5.11 Å². The van der Waals surface area contributed by atoms with Gasteiger partial charge in [0.05, 0.1) is 19.3 Å². The fourth-order valence-corrected chi connectivity index (χ4v) is 4.57. The lowest BCUT2D eigenvalue weighted by Gasteiger charge is -2.57. The monoisotopic (exact) mass is 240 g/mol. The van der Waals surface area contributed by atoms with Gasteiger partial charge in [0.25, 0.3) is 0 Å². The first-order valence-corrected chi connectivity index (χ1v) is 7.05. The highest BCUT2D eigenvalue weighted by Crippen LogP contribution is 2.59. The molecule has 2 aliphatic carbocycles. The summed E-state index contributed by atoms with van der Waals surface area (Å²) in [5.74, 6) is 0.571. The molecule has 4 atom stereocenters. The van der Waals surface area contributed by atoms with Crippen LogP contribution in [0.2, 0.25) is 0 Å². The van der Waals surface area contributed by atoms with E-state index in [1.54, 1.807) is 0 Å². The van der Waals surface area contributed by atoms with E-state index < -0.39 is 0 Å². The van der Waals surface area contributed by atoms with Gasteiger partial charge in [0.2, 0.25) is 0 Å². The predicted molar refractivity (Wildman–Crippen MR) is 64.5 cm³/mol. The first-order valence-electron chi connectivity index (χ1n) is 7.05. The molecule has 3 nitrogen and oxygen atoms in total. The molecule has 17 heavy (non-hydrogen) atoms. The summed E-state index contributed by atoms with van der Waals surface area (Å²) in [6.07, 6.45) is 5.19. The lowest BCUT2D eigenvalue weighted by atomic mass is 9.53. The number of aliphatic hydroxyl groups excluding tert-OH is 1. The zero-order chi connectivity index (χ0) is 12.1. The van der Waals surface area contributed by atoms with Gasteiger partial charge in [-0.15, -0.1) is 0 Å². The summed E-state index contributed by atoms with van der Waals surface area (Å²) in [7, 11) is 0. The van der Waals surface area contributed by atoms with Crippen LogP contribution in [0.3, 0.4) is 0 Å². The minimum absolute atomic E-state index is 0.0976. The molecule has 0 bridgehead atoms. The minimum Gasteiger partial charge on any atom is -0.393 e. The maximum atomic E-state index is 10.1. The molecule has 3 fully saturated rings. The molecular weight excluding hydrogens is 216 g/mol. The third-order valence-corrected chi connectivity index (χ3v) is 5.66. The Bertz CT molecular complexity index is 298. The number of rotatable bonds is 0. The smallest absolute Gasteiger partial charge is 0.174 e. The van der Waals surface area contributed by atoms with Crippen molar-refractivity contribution in [1.29, 1.82) is 0 Å². The van der Waals surface area contributed by atoms with Crippen LogP contribution in [0.1, 0.15) is 46.0 Å². The average molecular weight is 240 g/mol. The van der Waals surface area contributed by atoms with Gasteiger partial charge in [0, 0.05) is 11.8 Å². The minimum atomic E-state index is -0.343. The van der Waals surface area contributed by atoms with Crippen LogP contribution in [0, 0.1) is 17.3 Å². The van der Waals surface area contributed by atoms with Gasteiger partial charge in [-0.1, -0.05) is 13.8 Å². The van der Waals surface area contributed by atoms with Crippen LogP contribution in [-0.2, 0) is 9.47 Å². The fraction of sp³-hybridized carbons (Fsp3) is 1.00. The molecule has 3 rings (SSSR count). The number of hydrogen-bond acceptors (Lipinski definition) is 3. The van der Waals surface area contributed by atoms with E-state index in [4.69, 9.17) is 9.47 Å². The van der Waals surface area contributed by atoms with Crippen molar-refractivity contribution in [2.75, 3.05) is 13.2 Å². The van der Waals surface area contributed by atoms with E-state index in [0.29, 0.717) is 11.8 Å². The molecule has 0 amide bonds. The number of hydrogen-bond donors (Lipinski definition) is 1. The van der Waals surface area contributed by atoms with Gasteiger partial charge in [-0.2, -0.15) is 0 Å². The van der Waals surface area contributed by atoms with Gasteiger partial charge in [-0.3, -0.25) is 0 Å². The zero-order valence-electron chi connectivity index (χ0n) is 10.9. The first-order chi connectivity index (χ1) is 8.09. The molecule has 1 spiro atoms. The molecule has 1 heterocycles. The van der Waals surface area contributed by atoms with Crippen molar-refractivity contribution in [3.05, 3.63) is 0 Å². The number of fused-ring (bicyclic) bond motifs is 2. The summed E-state index contributed by atoms with van der Waals surface area (Å²) in [6, 6.07) is 0. The van der Waals surface area contributed by atoms with Crippen LogP contribution >= 0.6 is 0 Å². The maximum Gasteiger partial charge on any atom is 0.174 e. The molecule has 0 aromatic carbocycles. The van der Waals surface area contributed by atoms with Crippen molar-refractivity contribution in [2.45, 2.75) is 57.8 Å². The summed E-state index contributed by atoms with van der Waals surface area (Å²) >= 11 is 0. The van der Waals surface area contributed by atoms with Crippen LogP contribution < -0.4 is 0 Å². The van der Waals surface area contributed by atoms with E-state index >= 15 is 0 Å². The van der Waals surface area contributed by atoms with Gasteiger partial charge >= 0.3 is 0 Å². The molecule has 3 aliphatic rings. The van der Waals surface area contributed by atoms with Crippen molar-refractivity contribution < 1.29 is 14.6 Å². The van der Waals surface area contributed by atoms with Crippen LogP contribution in [0.5, 0.6) is 0 Å². The quantitative estimate of drug-likeness (QED) is 0.706. The van der Waals surface area contributed by atoms with Crippen LogP contribution in [0.4, 0.5) is 0 Å². The Labute approximate surface area is 103 Å². The van der Waals surface area contributed by atoms with E-state index in [1.165, 1.54) is 6.42 Å². The molecule has 1 unspecified atom stereocenters. The SMILES string of the molecule is C[C@H]1C(O)CC[C@]2(C)[C@@H]1CCCC21OCCO1. The van der Waals surface area contributed by atoms with E-state index in [0.717, 1.165) is 38.9 Å². The summed E-state index contributed by atoms with van der Waals surface area (Å²) in [5, 5.41) is 10.1. The van der Waals surface area contributed by atoms with Crippen molar-refractivity contribution in [3.8, 4) is 0 Å². The Balaban J connectivity index is 1.94. The van der Waals surface area contributed by atoms with Crippen LogP contribution in [-0.4, -0.2) is 30.2 Å². The Morgan fingerprint density at radius 1 is 1.12 bits per heavy atom. The maximum absolute atomic E-state index is 10.1. The third-order valence-electron chi connectivity index (χ3n) is 5.66. The molecule has 98 valence electrons. The molecule has 0 radical (unpaired) electrons. The summed E-state index contributed by atoms with van der Waals surface area (Å²) in [4.78, 5) is 0. The van der Waals surface area contributed by atoms with E-state index in [2.05, 4.69) is 13.8 Å². The van der Waals surface area contributed by atoms with E-state index in [-0.39, 0.29) is 17.3 Å². The largest absolute Gasteiger partial charge is 0.393 e. The highest BCUT2D eigenvalue weighted by Gasteiger charge is 2.61. The highest BCUT2D eigenvalue weighted by atomic mass is 16.7. The Hall–Kier alpha value is -0.120. The third kappa shape index (κ3) is 1.52. The predicted octanol–water partition coefficient (Wildman–Crippen LogP) is 2.33. The lowest BCUT2D eigenvalue weighted by molar-refractivity contribution is -0.288. The van der Waals surface area contributed by atoms with Gasteiger partial charge in [-0.25, -0.2) is 0 Å². The Morgan fingerprint density at radius 2 is 1.82 bits per heavy atom. The van der Waals surface area contributed by atoms with Gasteiger partial charge < -0.3 is 14.6 Å². The Morgan fingerprint density at radius 3 is 2.53 bits per heavy atom. The topological polar surface area (TPSA) is 38.7 Å². The molecule has 0 aromatic heterocycles. The Kier molecular flexibility index (Phi) is 2.77. The molecule has 2 saturated carbocycles. The van der Waals surface area contributed by atoms with Gasteiger partial charge in [0.1, 0.15) is 0 Å². The van der Waals surface area contributed by atoms with Crippen LogP contribution in [0.25, 0.3) is 0 Å². The standard InChI is InChI=1S/C14H24O3/c1-10-11-4-3-6-14(16-8-9-17-14)13(11,2)7-5-12(10)15/h10-12,15H,3-9H2,1-2H3/t10-,11-,12?,13-/m1/s1. The lowest BCUT2D eigenvalue weighted by Crippen LogP contribution is -2.59. The number of aliphatic hydroxyl groups is 1. The first kappa shape index (κ1) is 11.9. The highest BCUT2D eigenvalue weighted by molar-refractivity contribution is 5.05. The van der Waals surface area contributed by atoms with Crippen molar-refractivity contribution in [2.24, 2.45) is 17.3 Å². The van der Waals surface area contributed by atoms with Crippen molar-refractivity contribution in [3.63, 3.8) is 0 Å². The van der Waals surface area contributed by atoms with Crippen LogP contribution in [0.15, 0.2) is 0 Å². The van der Waals surface area contributed by atoms with Crippen molar-refractivity contribution in [1.82, 2.24) is 0 Å². The second-order valence-corrected chi connectivity index (χ2v) is 6.33. The average Bonchev–Trinajstić information content (AvgIpc) is 2.78. The summed E-state index contributed by atoms with van der Waals surface area (Å²) < 4.78 is 12.1. The second-order valence-electron chi connectivity index (χ2n) is 6.33. The molecule has 1 saturated heterocycles. The fourth-order valence-electron chi connectivity index (χ4n) is 4.57. The summed E-state index contributed by atoms with van der Waals surface area (Å²) in [5.41, 5.74) is 0.0976. The molecule has 1 N–H and O–H groups in total. The normalized spacial score (nSPS) is 49.2. The zero-order valence-corrected chi connectivity index (χ0v) is 10.9. The van der Waals surface area contributed by atoms with Gasteiger partial charge in [-0.05, 0) is 37.5 Å². The van der Waals surface area contributed by atoms with E-state index in [1.807, 2.05) is 0 Å². The molecular formula is C14H24O3. The molecule has 1 aliphatic heterocycles. The molecule has 0 aromatic rings. The second kappa shape index (κ2) is 3.94. The summed E-state index contributed by atoms with van der Waals surface area (Å²) in [6.45, 7) is 5.99. The van der Waals surface area contributed by atoms with Crippen molar-refractivity contribution >= 4 is 0 Å². The molecule has 3 heteroatoms.